The summed E-state index contributed by atoms with van der Waals surface area (Å²) in [6.07, 6.45) is 2.83. The highest BCUT2D eigenvalue weighted by Gasteiger charge is 1.97. The highest BCUT2D eigenvalue weighted by molar-refractivity contribution is 7.16. The van der Waals surface area contributed by atoms with Crippen molar-refractivity contribution in [3.8, 4) is 0 Å². The molecule has 17 heavy (non-hydrogen) atoms. The zero-order valence-corrected chi connectivity index (χ0v) is 11.6. The van der Waals surface area contributed by atoms with E-state index in [9.17, 15) is 0 Å². The average molecular weight is 289 g/mol. The van der Waals surface area contributed by atoms with Gasteiger partial charge in [0.2, 0.25) is 0 Å². The third-order valence-electron chi connectivity index (χ3n) is 2.21. The molecule has 0 aliphatic carbocycles. The number of nitrogens with zero attached hydrogens (tertiary/aromatic N) is 1. The number of halogens is 2. The minimum atomic E-state index is 0. The van der Waals surface area contributed by atoms with E-state index in [-0.39, 0.29) is 12.4 Å². The van der Waals surface area contributed by atoms with Gasteiger partial charge in [0.15, 0.2) is 0 Å². The smallest absolute Gasteiger partial charge is 0.0931 e. The number of hydrogen-bond acceptors (Lipinski definition) is 3. The van der Waals surface area contributed by atoms with Gasteiger partial charge in [0.05, 0.1) is 10.0 Å². The van der Waals surface area contributed by atoms with E-state index >= 15 is 0 Å². The lowest BCUT2D eigenvalue weighted by atomic mass is 10.3. The van der Waals surface area contributed by atoms with Crippen molar-refractivity contribution in [3.63, 3.8) is 0 Å². The molecule has 0 fully saturated rings. The molecule has 0 aliphatic rings. The highest BCUT2D eigenvalue weighted by Crippen LogP contribution is 2.21. The first-order chi connectivity index (χ1) is 7.84. The van der Waals surface area contributed by atoms with Crippen molar-refractivity contribution in [1.29, 1.82) is 0 Å². The molecule has 0 atom stereocenters. The van der Waals surface area contributed by atoms with E-state index in [0.717, 1.165) is 29.5 Å². The maximum atomic E-state index is 5.86. The molecule has 0 spiro atoms. The first kappa shape index (κ1) is 14.5. The number of thiophene rings is 1. The third kappa shape index (κ3) is 5.04. The quantitative estimate of drug-likeness (QED) is 0.851. The topological polar surface area (TPSA) is 24.9 Å². The summed E-state index contributed by atoms with van der Waals surface area (Å²) in [5, 5.41) is 3.36. The summed E-state index contributed by atoms with van der Waals surface area (Å²) < 4.78 is 0.861. The van der Waals surface area contributed by atoms with E-state index in [2.05, 4.69) is 16.4 Å². The van der Waals surface area contributed by atoms with Crippen LogP contribution in [-0.2, 0) is 13.0 Å². The van der Waals surface area contributed by atoms with Gasteiger partial charge in [0.1, 0.15) is 0 Å². The van der Waals surface area contributed by atoms with Crippen molar-refractivity contribution in [3.05, 3.63) is 51.4 Å². The number of nitrogens with one attached hydrogen (secondary N) is 1. The Morgan fingerprint density at radius 2 is 2.12 bits per heavy atom. The van der Waals surface area contributed by atoms with Crippen LogP contribution in [0.3, 0.4) is 0 Å². The lowest BCUT2D eigenvalue weighted by molar-refractivity contribution is 0.678. The third-order valence-corrected chi connectivity index (χ3v) is 3.50. The minimum absolute atomic E-state index is 0. The Morgan fingerprint density at radius 3 is 2.76 bits per heavy atom. The van der Waals surface area contributed by atoms with Crippen LogP contribution in [0.2, 0.25) is 4.34 Å². The molecule has 5 heteroatoms. The second-order valence-electron chi connectivity index (χ2n) is 3.45. The largest absolute Gasteiger partial charge is 0.311 e. The van der Waals surface area contributed by atoms with Gasteiger partial charge in [-0.05, 0) is 30.7 Å². The standard InChI is InChI=1S/C12H13ClN2S.ClH/c13-12-5-4-11(16-12)6-8-14-9-10-3-1-2-7-15-10;/h1-5,7,14H,6,8-9H2;1H. The second kappa shape index (κ2) is 7.67. The molecule has 2 aromatic heterocycles. The number of rotatable bonds is 5. The molecule has 0 aromatic carbocycles. The van der Waals surface area contributed by atoms with Gasteiger partial charge in [-0.25, -0.2) is 0 Å². The van der Waals surface area contributed by atoms with Crippen molar-refractivity contribution in [2.75, 3.05) is 6.54 Å². The van der Waals surface area contributed by atoms with Gasteiger partial charge in [-0.2, -0.15) is 0 Å². The predicted molar refractivity (Wildman–Crippen MR) is 76.2 cm³/mol. The normalized spacial score (nSPS) is 9.94. The number of hydrogen-bond donors (Lipinski definition) is 1. The average Bonchev–Trinajstić information content (AvgIpc) is 2.72. The first-order valence-electron chi connectivity index (χ1n) is 5.19. The van der Waals surface area contributed by atoms with Crippen LogP contribution in [0.15, 0.2) is 36.5 Å². The van der Waals surface area contributed by atoms with Crippen LogP contribution < -0.4 is 5.32 Å². The van der Waals surface area contributed by atoms with Crippen molar-refractivity contribution < 1.29 is 0 Å². The molecular formula is C12H14Cl2N2S. The van der Waals surface area contributed by atoms with E-state index in [1.165, 1.54) is 4.88 Å². The van der Waals surface area contributed by atoms with E-state index in [0.29, 0.717) is 0 Å². The van der Waals surface area contributed by atoms with Crippen LogP contribution in [0.1, 0.15) is 10.6 Å². The zero-order chi connectivity index (χ0) is 11.2. The Hall–Kier alpha value is -0.610. The van der Waals surface area contributed by atoms with E-state index < -0.39 is 0 Å². The highest BCUT2D eigenvalue weighted by atomic mass is 35.5. The molecule has 2 heterocycles. The zero-order valence-electron chi connectivity index (χ0n) is 9.23. The predicted octanol–water partition coefficient (Wildman–Crippen LogP) is 3.55. The Labute approximate surface area is 116 Å². The molecule has 0 radical (unpaired) electrons. The second-order valence-corrected chi connectivity index (χ2v) is 5.25. The van der Waals surface area contributed by atoms with Crippen LogP contribution in [0.4, 0.5) is 0 Å². The molecule has 0 saturated heterocycles. The van der Waals surface area contributed by atoms with Crippen molar-refractivity contribution in [2.45, 2.75) is 13.0 Å². The molecule has 1 N–H and O–H groups in total. The summed E-state index contributed by atoms with van der Waals surface area (Å²) >= 11 is 7.50. The van der Waals surface area contributed by atoms with Gasteiger partial charge in [-0.15, -0.1) is 23.7 Å². The SMILES string of the molecule is Cl.Clc1ccc(CCNCc2ccccn2)s1. The first-order valence-corrected chi connectivity index (χ1v) is 6.39. The van der Waals surface area contributed by atoms with Crippen LogP contribution in [0.5, 0.6) is 0 Å². The van der Waals surface area contributed by atoms with Crippen molar-refractivity contribution in [1.82, 2.24) is 10.3 Å². The van der Waals surface area contributed by atoms with E-state index in [1.54, 1.807) is 11.3 Å². The Morgan fingerprint density at radius 1 is 1.24 bits per heavy atom. The Balaban J connectivity index is 0.00000144. The summed E-state index contributed by atoms with van der Waals surface area (Å²) in [4.78, 5) is 5.56. The summed E-state index contributed by atoms with van der Waals surface area (Å²) in [7, 11) is 0. The fourth-order valence-electron chi connectivity index (χ4n) is 1.42. The maximum Gasteiger partial charge on any atom is 0.0931 e. The van der Waals surface area contributed by atoms with Gasteiger partial charge in [0.25, 0.3) is 0 Å². The van der Waals surface area contributed by atoms with Crippen LogP contribution in [0, 0.1) is 0 Å². The molecule has 2 rings (SSSR count). The fourth-order valence-corrected chi connectivity index (χ4v) is 2.50. The number of aromatic nitrogens is 1. The molecular weight excluding hydrogens is 275 g/mol. The van der Waals surface area contributed by atoms with Gasteiger partial charge < -0.3 is 5.32 Å². The van der Waals surface area contributed by atoms with E-state index in [1.807, 2.05) is 30.5 Å². The Kier molecular flexibility index (Phi) is 6.52. The monoisotopic (exact) mass is 288 g/mol. The summed E-state index contributed by atoms with van der Waals surface area (Å²) in [6, 6.07) is 9.98. The summed E-state index contributed by atoms with van der Waals surface area (Å²) in [6.45, 7) is 1.77. The Bertz CT molecular complexity index is 431. The van der Waals surface area contributed by atoms with Crippen molar-refractivity contribution >= 4 is 35.3 Å². The lowest BCUT2D eigenvalue weighted by Gasteiger charge is -2.02. The summed E-state index contributed by atoms with van der Waals surface area (Å²) in [5.74, 6) is 0. The number of pyridine rings is 1. The van der Waals surface area contributed by atoms with Crippen LogP contribution >= 0.6 is 35.3 Å². The van der Waals surface area contributed by atoms with Gasteiger partial charge >= 0.3 is 0 Å². The summed E-state index contributed by atoms with van der Waals surface area (Å²) in [5.41, 5.74) is 1.08. The minimum Gasteiger partial charge on any atom is -0.311 e. The maximum absolute atomic E-state index is 5.86. The lowest BCUT2D eigenvalue weighted by Crippen LogP contribution is -2.16. The van der Waals surface area contributed by atoms with Crippen LogP contribution in [-0.4, -0.2) is 11.5 Å². The van der Waals surface area contributed by atoms with Crippen molar-refractivity contribution in [2.24, 2.45) is 0 Å². The molecule has 0 amide bonds. The van der Waals surface area contributed by atoms with E-state index in [4.69, 9.17) is 11.6 Å². The molecule has 0 bridgehead atoms. The molecule has 0 aliphatic heterocycles. The van der Waals surface area contributed by atoms with Gasteiger partial charge in [0, 0.05) is 24.2 Å². The molecule has 2 aromatic rings. The van der Waals surface area contributed by atoms with Crippen LogP contribution in [0.25, 0.3) is 0 Å². The molecule has 2 nitrogen and oxygen atoms in total. The molecule has 0 unspecified atom stereocenters. The van der Waals surface area contributed by atoms with Gasteiger partial charge in [-0.1, -0.05) is 17.7 Å². The molecule has 92 valence electrons. The van der Waals surface area contributed by atoms with Gasteiger partial charge in [-0.3, -0.25) is 4.98 Å². The fraction of sp³-hybridized carbons (Fsp3) is 0.250. The molecule has 0 saturated carbocycles.